The van der Waals surface area contributed by atoms with E-state index >= 15 is 0 Å². The lowest BCUT2D eigenvalue weighted by atomic mass is 9.85. The molecule has 21 heavy (non-hydrogen) atoms. The predicted molar refractivity (Wildman–Crippen MR) is 72.7 cm³/mol. The summed E-state index contributed by atoms with van der Waals surface area (Å²) in [5.74, 6) is -2.08. The molecule has 2 bridgehead atoms. The largest absolute Gasteiger partial charge is 0.477 e. The van der Waals surface area contributed by atoms with Crippen molar-refractivity contribution in [2.75, 3.05) is 4.90 Å². The second-order valence-electron chi connectivity index (χ2n) is 6.03. The summed E-state index contributed by atoms with van der Waals surface area (Å²) >= 11 is 0. The number of aromatic amines is 1. The maximum Gasteiger partial charge on any atom is 0.354 e. The third kappa shape index (κ3) is 1.44. The Balaban J connectivity index is 1.80. The molecular weight excluding hydrogens is 272 g/mol. The quantitative estimate of drug-likeness (QED) is 0.634. The van der Waals surface area contributed by atoms with E-state index in [4.69, 9.17) is 0 Å². The van der Waals surface area contributed by atoms with Crippen LogP contribution in [0.5, 0.6) is 0 Å². The van der Waals surface area contributed by atoms with E-state index in [1.165, 1.54) is 0 Å². The Bertz CT molecular complexity index is 687. The topological polar surface area (TPSA) is 90.5 Å². The van der Waals surface area contributed by atoms with Crippen LogP contribution in [0, 0.1) is 30.6 Å². The Kier molecular flexibility index (Phi) is 2.26. The molecule has 2 heterocycles. The minimum Gasteiger partial charge on any atom is -0.477 e. The molecule has 2 aliphatic carbocycles. The van der Waals surface area contributed by atoms with Crippen molar-refractivity contribution in [1.29, 1.82) is 0 Å². The maximum absolute atomic E-state index is 12.6. The average Bonchev–Trinajstić information content (AvgIpc) is 3.14. The summed E-state index contributed by atoms with van der Waals surface area (Å²) in [5, 5.41) is 9.24. The molecule has 4 rings (SSSR count). The normalized spacial score (nSPS) is 33.1. The number of carbonyl (C=O) groups is 3. The van der Waals surface area contributed by atoms with E-state index < -0.39 is 5.97 Å². The van der Waals surface area contributed by atoms with Gasteiger partial charge in [-0.25, -0.2) is 9.69 Å². The first-order valence-corrected chi connectivity index (χ1v) is 6.98. The molecule has 6 nitrogen and oxygen atoms in total. The molecule has 0 spiro atoms. The fourth-order valence-corrected chi connectivity index (χ4v) is 4.05. The average molecular weight is 286 g/mol. The number of allylic oxidation sites excluding steroid dienone is 2. The highest BCUT2D eigenvalue weighted by Crippen LogP contribution is 2.53. The van der Waals surface area contributed by atoms with E-state index in [9.17, 15) is 19.5 Å². The predicted octanol–water partition coefficient (Wildman–Crippen LogP) is 1.33. The Hall–Kier alpha value is -2.37. The van der Waals surface area contributed by atoms with Gasteiger partial charge in [0.25, 0.3) is 0 Å². The van der Waals surface area contributed by atoms with Gasteiger partial charge in [0.2, 0.25) is 11.8 Å². The number of imide groups is 1. The number of nitrogens with zero attached hydrogens (tertiary/aromatic N) is 1. The minimum atomic E-state index is -1.17. The van der Waals surface area contributed by atoms with Gasteiger partial charge in [0, 0.05) is 5.69 Å². The molecule has 0 aromatic carbocycles. The van der Waals surface area contributed by atoms with Gasteiger partial charge >= 0.3 is 5.97 Å². The summed E-state index contributed by atoms with van der Waals surface area (Å²) in [5.41, 5.74) is 0.680. The first-order chi connectivity index (χ1) is 9.99. The first-order valence-electron chi connectivity index (χ1n) is 6.98. The molecule has 1 aliphatic heterocycles. The number of hydrogen-bond donors (Lipinski definition) is 2. The third-order valence-corrected chi connectivity index (χ3v) is 4.86. The smallest absolute Gasteiger partial charge is 0.354 e. The van der Waals surface area contributed by atoms with Gasteiger partial charge in [-0.2, -0.15) is 0 Å². The van der Waals surface area contributed by atoms with Crippen LogP contribution in [0.3, 0.4) is 0 Å². The van der Waals surface area contributed by atoms with Gasteiger partial charge in [-0.3, -0.25) is 9.59 Å². The van der Waals surface area contributed by atoms with Crippen molar-refractivity contribution in [3.63, 3.8) is 0 Å². The zero-order valence-electron chi connectivity index (χ0n) is 11.4. The highest BCUT2D eigenvalue weighted by atomic mass is 16.4. The van der Waals surface area contributed by atoms with Crippen LogP contribution in [0.25, 0.3) is 0 Å². The molecule has 2 N–H and O–H groups in total. The van der Waals surface area contributed by atoms with Crippen LogP contribution in [-0.4, -0.2) is 27.9 Å². The number of aromatic nitrogens is 1. The number of carbonyl (C=O) groups excluding carboxylic acids is 2. The molecule has 2 amide bonds. The number of aryl methyl sites for hydroxylation is 1. The number of carboxylic acid groups (broad SMARTS) is 1. The van der Waals surface area contributed by atoms with E-state index in [-0.39, 0.29) is 46.9 Å². The zero-order valence-corrected chi connectivity index (χ0v) is 11.4. The monoisotopic (exact) mass is 286 g/mol. The van der Waals surface area contributed by atoms with Crippen molar-refractivity contribution in [3.8, 4) is 0 Å². The molecule has 1 aromatic heterocycles. The number of fused-ring (bicyclic) bond motifs is 5. The molecule has 4 unspecified atom stereocenters. The molecule has 3 aliphatic rings. The Morgan fingerprint density at radius 3 is 2.33 bits per heavy atom. The molecule has 4 atom stereocenters. The lowest BCUT2D eigenvalue weighted by molar-refractivity contribution is -0.123. The van der Waals surface area contributed by atoms with Crippen LogP contribution in [-0.2, 0) is 9.59 Å². The fraction of sp³-hybridized carbons (Fsp3) is 0.400. The Morgan fingerprint density at radius 2 is 1.81 bits per heavy atom. The van der Waals surface area contributed by atoms with Gasteiger partial charge in [0.15, 0.2) is 0 Å². The van der Waals surface area contributed by atoms with E-state index in [0.717, 1.165) is 11.3 Å². The number of amides is 2. The maximum atomic E-state index is 12.6. The molecule has 108 valence electrons. The van der Waals surface area contributed by atoms with Crippen LogP contribution in [0.1, 0.15) is 22.6 Å². The molecule has 1 aromatic rings. The van der Waals surface area contributed by atoms with Crippen molar-refractivity contribution >= 4 is 23.5 Å². The second-order valence-corrected chi connectivity index (χ2v) is 6.03. The summed E-state index contributed by atoms with van der Waals surface area (Å²) in [4.78, 5) is 40.4. The van der Waals surface area contributed by atoms with Crippen LogP contribution >= 0.6 is 0 Å². The third-order valence-electron chi connectivity index (χ3n) is 4.86. The van der Waals surface area contributed by atoms with Crippen molar-refractivity contribution < 1.29 is 19.5 Å². The summed E-state index contributed by atoms with van der Waals surface area (Å²) in [7, 11) is 0. The van der Waals surface area contributed by atoms with Gasteiger partial charge in [-0.15, -0.1) is 0 Å². The summed E-state index contributed by atoms with van der Waals surface area (Å²) in [6.07, 6.45) is 4.89. The summed E-state index contributed by atoms with van der Waals surface area (Å²) in [6, 6.07) is 1.55. The highest BCUT2D eigenvalue weighted by molar-refractivity contribution is 6.24. The second kappa shape index (κ2) is 3.84. The van der Waals surface area contributed by atoms with Crippen LogP contribution < -0.4 is 4.90 Å². The van der Waals surface area contributed by atoms with Crippen LogP contribution in [0.2, 0.25) is 0 Å². The van der Waals surface area contributed by atoms with Crippen LogP contribution in [0.15, 0.2) is 18.2 Å². The minimum absolute atomic E-state index is 0.102. The molecule has 6 heteroatoms. The molecule has 1 saturated carbocycles. The standard InChI is InChI=1S/C15H14N2O4/c1-6-4-9(12(16-6)15(20)21)17-13(18)10-7-2-3-8(5-7)11(10)14(17)19/h2-4,7-8,10-11,16H,5H2,1H3,(H,20,21). The molecular formula is C15H14N2O4. The lowest BCUT2D eigenvalue weighted by Gasteiger charge is -2.16. The summed E-state index contributed by atoms with van der Waals surface area (Å²) < 4.78 is 0. The Morgan fingerprint density at radius 1 is 1.24 bits per heavy atom. The number of rotatable bonds is 2. The summed E-state index contributed by atoms with van der Waals surface area (Å²) in [6.45, 7) is 1.70. The number of carboxylic acids is 1. The number of H-pyrrole nitrogens is 1. The van der Waals surface area contributed by atoms with E-state index in [1.807, 2.05) is 12.2 Å². The first kappa shape index (κ1) is 12.4. The van der Waals surface area contributed by atoms with Gasteiger partial charge in [0.1, 0.15) is 5.69 Å². The van der Waals surface area contributed by atoms with Crippen molar-refractivity contribution in [2.45, 2.75) is 13.3 Å². The van der Waals surface area contributed by atoms with Gasteiger partial charge in [-0.05, 0) is 31.2 Å². The van der Waals surface area contributed by atoms with E-state index in [1.54, 1.807) is 13.0 Å². The van der Waals surface area contributed by atoms with E-state index in [0.29, 0.717) is 5.69 Å². The fourth-order valence-electron chi connectivity index (χ4n) is 4.05. The number of hydrogen-bond acceptors (Lipinski definition) is 3. The van der Waals surface area contributed by atoms with Gasteiger partial charge in [-0.1, -0.05) is 12.2 Å². The molecule has 0 radical (unpaired) electrons. The van der Waals surface area contributed by atoms with Crippen molar-refractivity contribution in [1.82, 2.24) is 4.98 Å². The van der Waals surface area contributed by atoms with Crippen LogP contribution in [0.4, 0.5) is 5.69 Å². The Labute approximate surface area is 120 Å². The lowest BCUT2D eigenvalue weighted by Crippen LogP contribution is -2.33. The molecule has 1 saturated heterocycles. The number of nitrogens with one attached hydrogen (secondary N) is 1. The zero-order chi connectivity index (χ0) is 14.9. The molecule has 2 fully saturated rings. The highest BCUT2D eigenvalue weighted by Gasteiger charge is 2.60. The SMILES string of the molecule is Cc1cc(N2C(=O)C3C4C=CC(C4)C3C2=O)c(C(=O)O)[nH]1. The number of aromatic carboxylic acids is 1. The number of anilines is 1. The van der Waals surface area contributed by atoms with Gasteiger partial charge < -0.3 is 10.1 Å². The van der Waals surface area contributed by atoms with Crippen molar-refractivity contribution in [2.24, 2.45) is 23.7 Å². The van der Waals surface area contributed by atoms with Gasteiger partial charge in [0.05, 0.1) is 17.5 Å². The van der Waals surface area contributed by atoms with Crippen molar-refractivity contribution in [3.05, 3.63) is 29.6 Å². The van der Waals surface area contributed by atoms with E-state index in [2.05, 4.69) is 4.98 Å².